The van der Waals surface area contributed by atoms with E-state index in [0.717, 1.165) is 0 Å². The molecule has 28 heavy (non-hydrogen) atoms. The molecular weight excluding hydrogens is 369 g/mol. The Morgan fingerprint density at radius 1 is 0.929 bits per heavy atom. The number of hydrogen-bond acceptors (Lipinski definition) is 5. The molecule has 2 aromatic rings. The number of ether oxygens (including phenoxy) is 2. The van der Waals surface area contributed by atoms with Gasteiger partial charge in [0.2, 0.25) is 0 Å². The monoisotopic (exact) mass is 389 g/mol. The van der Waals surface area contributed by atoms with Crippen molar-refractivity contribution in [2.24, 2.45) is 0 Å². The van der Waals surface area contributed by atoms with Gasteiger partial charge in [-0.1, -0.05) is 18.2 Å². The van der Waals surface area contributed by atoms with Crippen LogP contribution in [0.25, 0.3) is 0 Å². The van der Waals surface area contributed by atoms with Crippen molar-refractivity contribution in [2.45, 2.75) is 13.0 Å². The maximum atomic E-state index is 12.8. The van der Waals surface area contributed by atoms with Crippen molar-refractivity contribution >= 4 is 17.7 Å². The number of amides is 3. The number of rotatable bonds is 8. The third-order valence-electron chi connectivity index (χ3n) is 3.38. The quantitative estimate of drug-likeness (QED) is 0.583. The number of benzene rings is 2. The number of para-hydroxylation sites is 1. The van der Waals surface area contributed by atoms with Gasteiger partial charge in [-0.15, -0.1) is 0 Å². The van der Waals surface area contributed by atoms with E-state index < -0.39 is 29.6 Å². The molecule has 2 aromatic carbocycles. The third-order valence-corrected chi connectivity index (χ3v) is 3.38. The van der Waals surface area contributed by atoms with E-state index in [2.05, 4.69) is 16.2 Å². The molecule has 2 rings (SSSR count). The second-order valence-corrected chi connectivity index (χ2v) is 5.63. The van der Waals surface area contributed by atoms with Crippen LogP contribution in [0.3, 0.4) is 0 Å². The Kier molecular flexibility index (Phi) is 7.77. The summed E-state index contributed by atoms with van der Waals surface area (Å²) in [6.45, 7) is 0.879. The van der Waals surface area contributed by atoms with Gasteiger partial charge in [0, 0.05) is 0 Å². The summed E-state index contributed by atoms with van der Waals surface area (Å²) in [6.07, 6.45) is -0.931. The highest BCUT2D eigenvalue weighted by Gasteiger charge is 2.15. The second kappa shape index (κ2) is 10.5. The van der Waals surface area contributed by atoms with Crippen LogP contribution in [0.15, 0.2) is 54.6 Å². The molecule has 0 fully saturated rings. The van der Waals surface area contributed by atoms with Crippen LogP contribution in [0.2, 0.25) is 0 Å². The van der Waals surface area contributed by atoms with Crippen LogP contribution in [0, 0.1) is 5.82 Å². The van der Waals surface area contributed by atoms with Crippen molar-refractivity contribution in [3.63, 3.8) is 0 Å². The molecule has 1 atom stereocenters. The molecule has 3 N–H and O–H groups in total. The first kappa shape index (κ1) is 20.7. The van der Waals surface area contributed by atoms with E-state index in [9.17, 15) is 18.8 Å². The van der Waals surface area contributed by atoms with E-state index >= 15 is 0 Å². The second-order valence-electron chi connectivity index (χ2n) is 5.63. The minimum atomic E-state index is -0.931. The van der Waals surface area contributed by atoms with E-state index in [0.29, 0.717) is 11.5 Å². The molecule has 0 bridgehead atoms. The molecule has 0 aromatic heterocycles. The van der Waals surface area contributed by atoms with E-state index in [1.54, 1.807) is 24.3 Å². The van der Waals surface area contributed by atoms with Crippen LogP contribution in [0.5, 0.6) is 11.5 Å². The molecule has 1 unspecified atom stereocenters. The normalized spacial score (nSPS) is 11.1. The molecule has 0 saturated carbocycles. The predicted molar refractivity (Wildman–Crippen MR) is 97.7 cm³/mol. The minimum absolute atomic E-state index is 0.244. The Hall–Kier alpha value is -3.62. The van der Waals surface area contributed by atoms with E-state index in [4.69, 9.17) is 9.47 Å². The summed E-state index contributed by atoms with van der Waals surface area (Å²) in [6, 6.07) is 13.9. The van der Waals surface area contributed by atoms with Gasteiger partial charge in [0.15, 0.2) is 12.7 Å². The number of nitrogens with one attached hydrogen (secondary N) is 3. The summed E-state index contributed by atoms with van der Waals surface area (Å²) < 4.78 is 23.4. The van der Waals surface area contributed by atoms with Crippen LogP contribution < -0.4 is 25.6 Å². The van der Waals surface area contributed by atoms with Crippen molar-refractivity contribution in [2.75, 3.05) is 13.2 Å². The first-order chi connectivity index (χ1) is 13.4. The maximum absolute atomic E-state index is 12.8. The number of halogens is 1. The van der Waals surface area contributed by atoms with Crippen molar-refractivity contribution in [3.8, 4) is 11.5 Å². The highest BCUT2D eigenvalue weighted by Crippen LogP contribution is 2.12. The minimum Gasteiger partial charge on any atom is -0.484 e. The molecule has 0 aliphatic heterocycles. The summed E-state index contributed by atoms with van der Waals surface area (Å²) in [5, 5.41) is 2.36. The fraction of sp³-hybridized carbons (Fsp3) is 0.211. The summed E-state index contributed by atoms with van der Waals surface area (Å²) in [5.41, 5.74) is 4.33. The average Bonchev–Trinajstić information content (AvgIpc) is 2.71. The zero-order valence-corrected chi connectivity index (χ0v) is 15.1. The lowest BCUT2D eigenvalue weighted by Crippen LogP contribution is -2.50. The standard InChI is InChI=1S/C19H20FN3O5/c1-13(28-16-9-7-14(20)8-10-16)19(26)23-22-17(24)11-21-18(25)12-27-15-5-3-2-4-6-15/h2-10,13H,11-12H2,1H3,(H,21,25)(H,22,24)(H,23,26). The molecular formula is C19H20FN3O5. The summed E-state index contributed by atoms with van der Waals surface area (Å²) in [5.74, 6) is -1.32. The fourth-order valence-electron chi connectivity index (χ4n) is 1.94. The molecule has 0 heterocycles. The molecule has 8 nitrogen and oxygen atoms in total. The molecule has 0 aliphatic rings. The predicted octanol–water partition coefficient (Wildman–Crippen LogP) is 0.936. The lowest BCUT2D eigenvalue weighted by atomic mass is 10.3. The Balaban J connectivity index is 1.63. The summed E-state index contributed by atoms with van der Waals surface area (Å²) in [4.78, 5) is 35.2. The van der Waals surface area contributed by atoms with Crippen LogP contribution >= 0.6 is 0 Å². The van der Waals surface area contributed by atoms with Gasteiger partial charge in [0.05, 0.1) is 6.54 Å². The molecule has 0 spiro atoms. The van der Waals surface area contributed by atoms with Gasteiger partial charge in [0.25, 0.3) is 17.7 Å². The van der Waals surface area contributed by atoms with Crippen LogP contribution in [0.4, 0.5) is 4.39 Å². The summed E-state index contributed by atoms with van der Waals surface area (Å²) in [7, 11) is 0. The molecule has 3 amide bonds. The van der Waals surface area contributed by atoms with Gasteiger partial charge >= 0.3 is 0 Å². The Labute approximate surface area is 161 Å². The first-order valence-electron chi connectivity index (χ1n) is 8.39. The SMILES string of the molecule is CC(Oc1ccc(F)cc1)C(=O)NNC(=O)CNC(=O)COc1ccccc1. The first-order valence-corrected chi connectivity index (χ1v) is 8.39. The molecule has 0 aliphatic carbocycles. The molecule has 0 radical (unpaired) electrons. The topological polar surface area (TPSA) is 106 Å². The van der Waals surface area contributed by atoms with Crippen molar-refractivity contribution in [1.29, 1.82) is 0 Å². The lowest BCUT2D eigenvalue weighted by Gasteiger charge is -2.15. The van der Waals surface area contributed by atoms with E-state index in [-0.39, 0.29) is 13.2 Å². The van der Waals surface area contributed by atoms with Gasteiger partial charge in [-0.3, -0.25) is 25.2 Å². The van der Waals surface area contributed by atoms with Crippen LogP contribution in [-0.2, 0) is 14.4 Å². The Morgan fingerprint density at radius 2 is 1.61 bits per heavy atom. The average molecular weight is 389 g/mol. The smallest absolute Gasteiger partial charge is 0.279 e. The third kappa shape index (κ3) is 7.32. The van der Waals surface area contributed by atoms with Crippen molar-refractivity contribution in [1.82, 2.24) is 16.2 Å². The van der Waals surface area contributed by atoms with Crippen LogP contribution in [-0.4, -0.2) is 37.0 Å². The maximum Gasteiger partial charge on any atom is 0.279 e. The number of carbonyl (C=O) groups is 3. The highest BCUT2D eigenvalue weighted by atomic mass is 19.1. The molecule has 9 heteroatoms. The van der Waals surface area contributed by atoms with Crippen LogP contribution in [0.1, 0.15) is 6.92 Å². The molecule has 148 valence electrons. The van der Waals surface area contributed by atoms with Crippen molar-refractivity contribution in [3.05, 3.63) is 60.4 Å². The van der Waals surface area contributed by atoms with Gasteiger partial charge in [-0.05, 0) is 43.3 Å². The fourth-order valence-corrected chi connectivity index (χ4v) is 1.94. The number of hydrazine groups is 1. The number of carbonyl (C=O) groups excluding carboxylic acids is 3. The zero-order chi connectivity index (χ0) is 20.4. The van der Waals surface area contributed by atoms with Gasteiger partial charge in [-0.25, -0.2) is 4.39 Å². The Bertz CT molecular complexity index is 799. The van der Waals surface area contributed by atoms with E-state index in [1.807, 2.05) is 6.07 Å². The highest BCUT2D eigenvalue weighted by molar-refractivity contribution is 5.88. The lowest BCUT2D eigenvalue weighted by molar-refractivity contribution is -0.133. The van der Waals surface area contributed by atoms with Gasteiger partial charge in [-0.2, -0.15) is 0 Å². The largest absolute Gasteiger partial charge is 0.484 e. The molecule has 0 saturated heterocycles. The number of hydrogen-bond donors (Lipinski definition) is 3. The Morgan fingerprint density at radius 3 is 2.29 bits per heavy atom. The van der Waals surface area contributed by atoms with Crippen molar-refractivity contribution < 1.29 is 28.2 Å². The zero-order valence-electron chi connectivity index (χ0n) is 15.1. The summed E-state index contributed by atoms with van der Waals surface area (Å²) >= 11 is 0. The van der Waals surface area contributed by atoms with Gasteiger partial charge < -0.3 is 14.8 Å². The van der Waals surface area contributed by atoms with Gasteiger partial charge in [0.1, 0.15) is 17.3 Å². The van der Waals surface area contributed by atoms with E-state index in [1.165, 1.54) is 31.2 Å².